The number of rotatable bonds is 5. The molecular weight excluding hydrogens is 258 g/mol. The van der Waals surface area contributed by atoms with Crippen LogP contribution in [0.15, 0.2) is 22.8 Å². The molecule has 1 aromatic heterocycles. The molecule has 0 unspecified atom stereocenters. The molecule has 2 N–H and O–H groups in total. The SMILES string of the molecule is O=C(CCc1ccco1)NC1(C(=O)O)CCCCCC1. The number of aliphatic carboxylic acids is 1. The van der Waals surface area contributed by atoms with Crippen molar-refractivity contribution in [2.45, 2.75) is 56.9 Å². The van der Waals surface area contributed by atoms with Gasteiger partial charge < -0.3 is 14.8 Å². The molecule has 5 heteroatoms. The lowest BCUT2D eigenvalue weighted by molar-refractivity contribution is -0.148. The van der Waals surface area contributed by atoms with Crippen LogP contribution in [0.3, 0.4) is 0 Å². The molecule has 0 saturated heterocycles. The van der Waals surface area contributed by atoms with E-state index in [1.807, 2.05) is 6.07 Å². The van der Waals surface area contributed by atoms with Gasteiger partial charge in [0.2, 0.25) is 5.91 Å². The number of furan rings is 1. The zero-order chi connectivity index (χ0) is 14.4. The van der Waals surface area contributed by atoms with Crippen molar-refractivity contribution in [1.29, 1.82) is 0 Å². The second-order valence-electron chi connectivity index (χ2n) is 5.43. The number of carbonyl (C=O) groups excluding carboxylic acids is 1. The van der Waals surface area contributed by atoms with Crippen LogP contribution in [0.1, 0.15) is 50.7 Å². The molecule has 1 amide bonds. The highest BCUT2D eigenvalue weighted by molar-refractivity contribution is 5.87. The summed E-state index contributed by atoms with van der Waals surface area (Å²) in [6.45, 7) is 0. The van der Waals surface area contributed by atoms with E-state index in [0.717, 1.165) is 31.4 Å². The standard InChI is InChI=1S/C15H21NO4/c17-13(8-7-12-6-5-11-20-12)16-15(14(18)19)9-3-1-2-4-10-15/h5-6,11H,1-4,7-10H2,(H,16,17)(H,18,19). The number of hydrogen-bond donors (Lipinski definition) is 2. The lowest BCUT2D eigenvalue weighted by atomic mass is 9.90. The Morgan fingerprint density at radius 3 is 2.50 bits per heavy atom. The van der Waals surface area contributed by atoms with Crippen LogP contribution in [0.25, 0.3) is 0 Å². The highest BCUT2D eigenvalue weighted by atomic mass is 16.4. The first kappa shape index (κ1) is 14.6. The van der Waals surface area contributed by atoms with Crippen LogP contribution in [-0.4, -0.2) is 22.5 Å². The summed E-state index contributed by atoms with van der Waals surface area (Å²) in [4.78, 5) is 23.6. The normalized spacial score (nSPS) is 18.2. The molecule has 0 bridgehead atoms. The van der Waals surface area contributed by atoms with Crippen LogP contribution < -0.4 is 5.32 Å². The smallest absolute Gasteiger partial charge is 0.329 e. The maximum absolute atomic E-state index is 12.0. The Hall–Kier alpha value is -1.78. The second-order valence-corrected chi connectivity index (χ2v) is 5.43. The van der Waals surface area contributed by atoms with Gasteiger partial charge >= 0.3 is 5.97 Å². The van der Waals surface area contributed by atoms with Gasteiger partial charge in [-0.05, 0) is 25.0 Å². The zero-order valence-electron chi connectivity index (χ0n) is 11.6. The minimum atomic E-state index is -1.07. The first-order valence-electron chi connectivity index (χ1n) is 7.19. The van der Waals surface area contributed by atoms with E-state index in [4.69, 9.17) is 4.42 Å². The van der Waals surface area contributed by atoms with E-state index >= 15 is 0 Å². The number of nitrogens with one attached hydrogen (secondary N) is 1. The van der Waals surface area contributed by atoms with E-state index in [1.54, 1.807) is 12.3 Å². The summed E-state index contributed by atoms with van der Waals surface area (Å²) in [5.74, 6) is -0.387. The fourth-order valence-corrected chi connectivity index (χ4v) is 2.75. The molecular formula is C15H21NO4. The summed E-state index contributed by atoms with van der Waals surface area (Å²) in [6, 6.07) is 3.59. The van der Waals surface area contributed by atoms with E-state index < -0.39 is 11.5 Å². The summed E-state index contributed by atoms with van der Waals surface area (Å²) in [7, 11) is 0. The van der Waals surface area contributed by atoms with Crippen LogP contribution in [0, 0.1) is 0 Å². The van der Waals surface area contributed by atoms with Crippen LogP contribution >= 0.6 is 0 Å². The first-order valence-corrected chi connectivity index (χ1v) is 7.19. The molecule has 1 aromatic rings. The van der Waals surface area contributed by atoms with Gasteiger partial charge in [0.25, 0.3) is 0 Å². The fourth-order valence-electron chi connectivity index (χ4n) is 2.75. The molecule has 1 fully saturated rings. The Labute approximate surface area is 118 Å². The molecule has 20 heavy (non-hydrogen) atoms. The molecule has 5 nitrogen and oxygen atoms in total. The Morgan fingerprint density at radius 1 is 1.25 bits per heavy atom. The number of amides is 1. The minimum absolute atomic E-state index is 0.217. The maximum Gasteiger partial charge on any atom is 0.329 e. The largest absolute Gasteiger partial charge is 0.480 e. The molecule has 0 aliphatic heterocycles. The molecule has 110 valence electrons. The van der Waals surface area contributed by atoms with Crippen molar-refractivity contribution in [3.63, 3.8) is 0 Å². The molecule has 1 aliphatic carbocycles. The lowest BCUT2D eigenvalue weighted by Gasteiger charge is -2.29. The topological polar surface area (TPSA) is 79.5 Å². The predicted molar refractivity (Wildman–Crippen MR) is 73.2 cm³/mol. The predicted octanol–water partition coefficient (Wildman–Crippen LogP) is 2.51. The number of aryl methyl sites for hydroxylation is 1. The Bertz CT molecular complexity index is 444. The lowest BCUT2D eigenvalue weighted by Crippen LogP contribution is -2.54. The van der Waals surface area contributed by atoms with Crippen molar-refractivity contribution in [3.8, 4) is 0 Å². The number of carbonyl (C=O) groups is 2. The van der Waals surface area contributed by atoms with E-state index in [1.165, 1.54) is 0 Å². The van der Waals surface area contributed by atoms with Crippen LogP contribution in [0.5, 0.6) is 0 Å². The van der Waals surface area contributed by atoms with Gasteiger partial charge in [-0.25, -0.2) is 4.79 Å². The molecule has 2 rings (SSSR count). The quantitative estimate of drug-likeness (QED) is 0.812. The van der Waals surface area contributed by atoms with Crippen LogP contribution in [0.4, 0.5) is 0 Å². The van der Waals surface area contributed by atoms with E-state index in [2.05, 4.69) is 5.32 Å². The molecule has 0 radical (unpaired) electrons. The summed E-state index contributed by atoms with van der Waals surface area (Å²) in [5.41, 5.74) is -1.07. The highest BCUT2D eigenvalue weighted by Gasteiger charge is 2.39. The average Bonchev–Trinajstić information content (AvgIpc) is 2.82. The molecule has 0 atom stereocenters. The molecule has 0 spiro atoms. The fraction of sp³-hybridized carbons (Fsp3) is 0.600. The van der Waals surface area contributed by atoms with Gasteiger partial charge in [-0.15, -0.1) is 0 Å². The van der Waals surface area contributed by atoms with Gasteiger partial charge in [0.05, 0.1) is 6.26 Å². The van der Waals surface area contributed by atoms with Crippen LogP contribution in [0.2, 0.25) is 0 Å². The van der Waals surface area contributed by atoms with Gasteiger partial charge in [-0.2, -0.15) is 0 Å². The van der Waals surface area contributed by atoms with E-state index in [-0.39, 0.29) is 12.3 Å². The van der Waals surface area contributed by atoms with Crippen molar-refractivity contribution in [2.75, 3.05) is 0 Å². The van der Waals surface area contributed by atoms with Gasteiger partial charge in [0, 0.05) is 12.8 Å². The Balaban J connectivity index is 1.93. The second kappa shape index (κ2) is 6.59. The van der Waals surface area contributed by atoms with Crippen molar-refractivity contribution in [2.24, 2.45) is 0 Å². The molecule has 1 heterocycles. The van der Waals surface area contributed by atoms with Gasteiger partial charge in [0.15, 0.2) is 0 Å². The van der Waals surface area contributed by atoms with Crippen molar-refractivity contribution in [3.05, 3.63) is 24.2 Å². The third-order valence-corrected chi connectivity index (χ3v) is 3.92. The Morgan fingerprint density at radius 2 is 1.95 bits per heavy atom. The number of hydrogen-bond acceptors (Lipinski definition) is 3. The zero-order valence-corrected chi connectivity index (χ0v) is 11.6. The van der Waals surface area contributed by atoms with E-state index in [9.17, 15) is 14.7 Å². The van der Waals surface area contributed by atoms with Crippen molar-refractivity contribution in [1.82, 2.24) is 5.32 Å². The number of carboxylic acid groups (broad SMARTS) is 1. The third-order valence-electron chi connectivity index (χ3n) is 3.92. The van der Waals surface area contributed by atoms with Gasteiger partial charge in [-0.1, -0.05) is 25.7 Å². The Kier molecular flexibility index (Phi) is 4.82. The minimum Gasteiger partial charge on any atom is -0.480 e. The summed E-state index contributed by atoms with van der Waals surface area (Å²) in [6.07, 6.45) is 7.14. The van der Waals surface area contributed by atoms with Crippen molar-refractivity contribution < 1.29 is 19.1 Å². The summed E-state index contributed by atoms with van der Waals surface area (Å²) >= 11 is 0. The van der Waals surface area contributed by atoms with Gasteiger partial charge in [0.1, 0.15) is 11.3 Å². The van der Waals surface area contributed by atoms with Crippen molar-refractivity contribution >= 4 is 11.9 Å². The van der Waals surface area contributed by atoms with Crippen LogP contribution in [-0.2, 0) is 16.0 Å². The first-order chi connectivity index (χ1) is 9.62. The molecule has 0 aromatic carbocycles. The summed E-state index contributed by atoms with van der Waals surface area (Å²) < 4.78 is 5.17. The highest BCUT2D eigenvalue weighted by Crippen LogP contribution is 2.27. The summed E-state index contributed by atoms with van der Waals surface area (Å²) in [5, 5.41) is 12.2. The molecule has 1 aliphatic rings. The monoisotopic (exact) mass is 279 g/mol. The maximum atomic E-state index is 12.0. The molecule has 1 saturated carbocycles. The number of carboxylic acids is 1. The van der Waals surface area contributed by atoms with Gasteiger partial charge in [-0.3, -0.25) is 4.79 Å². The van der Waals surface area contributed by atoms with E-state index in [0.29, 0.717) is 19.3 Å². The average molecular weight is 279 g/mol. The third kappa shape index (κ3) is 3.62.